The minimum atomic E-state index is -1.76. The number of unbranched alkanes of at least 4 members (excludes halogenated alkanes) is 1. The molecule has 5 nitrogen and oxygen atoms in total. The van der Waals surface area contributed by atoms with Crippen LogP contribution in [0.1, 0.15) is 62.1 Å². The summed E-state index contributed by atoms with van der Waals surface area (Å²) >= 11 is 2.76. The molecule has 2 aromatic rings. The molecule has 7 heteroatoms. The van der Waals surface area contributed by atoms with Gasteiger partial charge in [-0.15, -0.1) is 22.7 Å². The molecule has 2 aromatic heterocycles. The fourth-order valence-corrected chi connectivity index (χ4v) is 6.77. The normalized spacial score (nSPS) is 22.9. The number of ether oxygens (including phenoxy) is 2. The number of hydrogen-bond donors (Lipinski definition) is 1. The molecule has 0 spiro atoms. The van der Waals surface area contributed by atoms with E-state index in [0.717, 1.165) is 57.4 Å². The van der Waals surface area contributed by atoms with Crippen LogP contribution in [-0.2, 0) is 19.9 Å². The van der Waals surface area contributed by atoms with Crippen LogP contribution in [0.5, 0.6) is 0 Å². The number of piperidine rings is 1. The van der Waals surface area contributed by atoms with Gasteiger partial charge in [0.2, 0.25) is 5.60 Å². The Morgan fingerprint density at radius 3 is 2.58 bits per heavy atom. The fraction of sp³-hybridized carbons (Fsp3) is 0.552. The molecule has 0 saturated carbocycles. The SMILES string of the molecule is CCCCC1CCN(CCCOC2=CC(C)CC=C2)CC1OC(=O)C(O)(c1cccs1)c1cccs1. The number of esters is 1. The molecule has 3 unspecified atom stereocenters. The average Bonchev–Trinajstić information content (AvgIpc) is 3.61. The van der Waals surface area contributed by atoms with Crippen LogP contribution in [0, 0.1) is 11.8 Å². The minimum absolute atomic E-state index is 0.227. The predicted molar refractivity (Wildman–Crippen MR) is 147 cm³/mol. The molecule has 0 radical (unpaired) electrons. The number of rotatable bonds is 12. The summed E-state index contributed by atoms with van der Waals surface area (Å²) in [5.41, 5.74) is -1.76. The zero-order valence-corrected chi connectivity index (χ0v) is 23.1. The van der Waals surface area contributed by atoms with Crippen molar-refractivity contribution in [1.82, 2.24) is 4.90 Å². The predicted octanol–water partition coefficient (Wildman–Crippen LogP) is 6.36. The molecule has 4 rings (SSSR count). The summed E-state index contributed by atoms with van der Waals surface area (Å²) in [7, 11) is 0. The average molecular weight is 530 g/mol. The summed E-state index contributed by atoms with van der Waals surface area (Å²) in [5, 5.41) is 15.4. The van der Waals surface area contributed by atoms with Crippen molar-refractivity contribution in [3.05, 3.63) is 68.8 Å². The molecule has 1 N–H and O–H groups in total. The Balaban J connectivity index is 1.39. The Bertz CT molecular complexity index is 964. The van der Waals surface area contributed by atoms with Crippen molar-refractivity contribution >= 4 is 28.6 Å². The number of thiophene rings is 2. The van der Waals surface area contributed by atoms with Crippen molar-refractivity contribution in [2.75, 3.05) is 26.2 Å². The van der Waals surface area contributed by atoms with E-state index in [1.807, 2.05) is 35.0 Å². The maximum absolute atomic E-state index is 13.6. The number of allylic oxidation sites excluding steroid dienone is 3. The van der Waals surface area contributed by atoms with E-state index in [1.54, 1.807) is 0 Å². The Hall–Kier alpha value is -1.93. The molecule has 2 aliphatic rings. The van der Waals surface area contributed by atoms with Crippen LogP contribution in [0.15, 0.2) is 59.0 Å². The molecule has 1 saturated heterocycles. The van der Waals surface area contributed by atoms with E-state index >= 15 is 0 Å². The first-order chi connectivity index (χ1) is 17.5. The number of likely N-dealkylation sites (tertiary alicyclic amines) is 1. The van der Waals surface area contributed by atoms with Crippen LogP contribution >= 0.6 is 22.7 Å². The summed E-state index contributed by atoms with van der Waals surface area (Å²) in [6, 6.07) is 7.34. The third-order valence-electron chi connectivity index (χ3n) is 7.14. The largest absolute Gasteiger partial charge is 0.494 e. The number of carbonyl (C=O) groups excluding carboxylic acids is 1. The molecule has 0 amide bonds. The van der Waals surface area contributed by atoms with E-state index in [0.29, 0.717) is 34.7 Å². The molecule has 36 heavy (non-hydrogen) atoms. The summed E-state index contributed by atoms with van der Waals surface area (Å²) in [4.78, 5) is 17.2. The van der Waals surface area contributed by atoms with Crippen LogP contribution in [0.25, 0.3) is 0 Å². The van der Waals surface area contributed by atoms with E-state index < -0.39 is 11.6 Å². The van der Waals surface area contributed by atoms with Crippen molar-refractivity contribution in [1.29, 1.82) is 0 Å². The van der Waals surface area contributed by atoms with Gasteiger partial charge in [0.15, 0.2) is 0 Å². The maximum atomic E-state index is 13.6. The van der Waals surface area contributed by atoms with Crippen LogP contribution < -0.4 is 0 Å². The van der Waals surface area contributed by atoms with Gasteiger partial charge < -0.3 is 14.6 Å². The summed E-state index contributed by atoms with van der Waals surface area (Å²) in [5.74, 6) is 1.26. The molecule has 0 bridgehead atoms. The van der Waals surface area contributed by atoms with Crippen LogP contribution in [0.3, 0.4) is 0 Å². The first kappa shape index (κ1) is 27.1. The van der Waals surface area contributed by atoms with E-state index in [1.165, 1.54) is 22.7 Å². The maximum Gasteiger partial charge on any atom is 0.349 e. The minimum Gasteiger partial charge on any atom is -0.494 e. The smallest absolute Gasteiger partial charge is 0.349 e. The molecule has 0 aromatic carbocycles. The van der Waals surface area contributed by atoms with Gasteiger partial charge in [-0.1, -0.05) is 44.9 Å². The van der Waals surface area contributed by atoms with E-state index in [9.17, 15) is 9.90 Å². The van der Waals surface area contributed by atoms with E-state index in [4.69, 9.17) is 9.47 Å². The topological polar surface area (TPSA) is 59.0 Å². The number of nitrogens with zero attached hydrogens (tertiary/aromatic N) is 1. The lowest BCUT2D eigenvalue weighted by molar-refractivity contribution is -0.173. The van der Waals surface area contributed by atoms with Crippen molar-refractivity contribution in [3.8, 4) is 0 Å². The second kappa shape index (κ2) is 13.0. The summed E-state index contributed by atoms with van der Waals surface area (Å²) < 4.78 is 12.2. The van der Waals surface area contributed by atoms with Crippen molar-refractivity contribution in [2.45, 2.75) is 64.1 Å². The van der Waals surface area contributed by atoms with Gasteiger partial charge in [-0.25, -0.2) is 4.79 Å². The standard InChI is InChI=1S/C29H39NO4S2/c1-3-4-10-23-14-16-30(15-8-17-33-24-11-5-9-22(2)20-24)21-25(23)34-28(31)29(32,26-12-6-18-35-26)27-13-7-19-36-27/h5-7,11-13,18-20,22-23,25,32H,3-4,8-10,14-17,21H2,1-2H3. The highest BCUT2D eigenvalue weighted by atomic mass is 32.1. The monoisotopic (exact) mass is 529 g/mol. The molecular weight excluding hydrogens is 490 g/mol. The van der Waals surface area contributed by atoms with Gasteiger partial charge in [-0.05, 0) is 79.1 Å². The highest BCUT2D eigenvalue weighted by Crippen LogP contribution is 2.38. The first-order valence-electron chi connectivity index (χ1n) is 13.3. The first-order valence-corrected chi connectivity index (χ1v) is 15.0. The highest BCUT2D eigenvalue weighted by Gasteiger charge is 2.46. The zero-order chi connectivity index (χ0) is 25.4. The molecule has 1 aliphatic heterocycles. The van der Waals surface area contributed by atoms with Crippen LogP contribution in [0.4, 0.5) is 0 Å². The van der Waals surface area contributed by atoms with Crippen molar-refractivity contribution < 1.29 is 19.4 Å². The van der Waals surface area contributed by atoms with Gasteiger partial charge in [0.1, 0.15) is 11.9 Å². The second-order valence-corrected chi connectivity index (χ2v) is 11.9. The van der Waals surface area contributed by atoms with Gasteiger partial charge in [-0.3, -0.25) is 4.90 Å². The molecule has 196 valence electrons. The van der Waals surface area contributed by atoms with Crippen LogP contribution in [-0.4, -0.2) is 48.3 Å². The fourth-order valence-electron chi connectivity index (χ4n) is 5.05. The summed E-state index contributed by atoms with van der Waals surface area (Å²) in [6.45, 7) is 7.68. The van der Waals surface area contributed by atoms with Crippen molar-refractivity contribution in [3.63, 3.8) is 0 Å². The Morgan fingerprint density at radius 2 is 1.94 bits per heavy atom. The van der Waals surface area contributed by atoms with Gasteiger partial charge in [0.25, 0.3) is 0 Å². The van der Waals surface area contributed by atoms with Gasteiger partial charge in [0.05, 0.1) is 16.4 Å². The van der Waals surface area contributed by atoms with E-state index in [-0.39, 0.29) is 6.10 Å². The quantitative estimate of drug-likeness (QED) is 0.256. The Labute approximate surface area is 223 Å². The number of aliphatic hydroxyl groups is 1. The summed E-state index contributed by atoms with van der Waals surface area (Å²) in [6.07, 6.45) is 12.5. The number of hydrogen-bond acceptors (Lipinski definition) is 7. The van der Waals surface area contributed by atoms with Gasteiger partial charge in [0, 0.05) is 13.1 Å². The molecule has 1 aliphatic carbocycles. The third-order valence-corrected chi connectivity index (χ3v) is 9.10. The Kier molecular flexibility index (Phi) is 9.82. The molecular formula is C29H39NO4S2. The molecule has 1 fully saturated rings. The van der Waals surface area contributed by atoms with E-state index in [2.05, 4.69) is 37.0 Å². The molecule has 3 heterocycles. The van der Waals surface area contributed by atoms with Crippen molar-refractivity contribution in [2.24, 2.45) is 11.8 Å². The van der Waals surface area contributed by atoms with Gasteiger partial charge >= 0.3 is 5.97 Å². The lowest BCUT2D eigenvalue weighted by atomic mass is 9.88. The lowest BCUT2D eigenvalue weighted by Crippen LogP contribution is -2.49. The third kappa shape index (κ3) is 6.68. The number of carbonyl (C=O) groups is 1. The van der Waals surface area contributed by atoms with Crippen LogP contribution in [0.2, 0.25) is 0 Å². The highest BCUT2D eigenvalue weighted by molar-refractivity contribution is 7.12. The Morgan fingerprint density at radius 1 is 1.19 bits per heavy atom. The second-order valence-electron chi connectivity index (χ2n) is 9.99. The lowest BCUT2D eigenvalue weighted by Gasteiger charge is -2.39. The van der Waals surface area contributed by atoms with Gasteiger partial charge in [-0.2, -0.15) is 0 Å². The molecule has 3 atom stereocenters. The zero-order valence-electron chi connectivity index (χ0n) is 21.4.